The Bertz CT molecular complexity index is 883. The third-order valence-corrected chi connectivity index (χ3v) is 4.67. The molecule has 0 saturated carbocycles. The van der Waals surface area contributed by atoms with E-state index in [-0.39, 0.29) is 18.0 Å². The molecule has 6 nitrogen and oxygen atoms in total. The molecule has 1 amide bonds. The number of fused-ring (bicyclic) bond motifs is 1. The lowest BCUT2D eigenvalue weighted by Crippen LogP contribution is -2.31. The standard InChI is InChI=1S/C16H13FN4O2S/c17-11-6-18-16(19-7-11)23-12-3-4-21(8-12)15(22)10-1-2-13-14(5-10)24-9-20-13/h1-2,5-7,9,12H,3-4,8H2/t12-/m1/s1. The molecule has 1 saturated heterocycles. The number of rotatable bonds is 3. The average Bonchev–Trinajstić information content (AvgIpc) is 3.24. The maximum absolute atomic E-state index is 12.8. The van der Waals surface area contributed by atoms with Crippen molar-refractivity contribution in [2.45, 2.75) is 12.5 Å². The van der Waals surface area contributed by atoms with Gasteiger partial charge in [0.25, 0.3) is 5.91 Å². The second kappa shape index (κ2) is 6.12. The molecule has 0 N–H and O–H groups in total. The lowest BCUT2D eigenvalue weighted by molar-refractivity contribution is 0.0770. The van der Waals surface area contributed by atoms with Gasteiger partial charge in [0.05, 0.1) is 34.7 Å². The number of ether oxygens (including phenoxy) is 1. The van der Waals surface area contributed by atoms with Gasteiger partial charge in [0.2, 0.25) is 0 Å². The van der Waals surface area contributed by atoms with Crippen LogP contribution in [0.1, 0.15) is 16.8 Å². The van der Waals surface area contributed by atoms with Gasteiger partial charge in [-0.15, -0.1) is 11.3 Å². The van der Waals surface area contributed by atoms with Crippen molar-refractivity contribution in [1.29, 1.82) is 0 Å². The van der Waals surface area contributed by atoms with E-state index in [1.54, 1.807) is 16.5 Å². The Kier molecular flexibility index (Phi) is 3.81. The van der Waals surface area contributed by atoms with Crippen LogP contribution < -0.4 is 4.74 Å². The largest absolute Gasteiger partial charge is 0.458 e. The van der Waals surface area contributed by atoms with Gasteiger partial charge in [0.15, 0.2) is 5.82 Å². The van der Waals surface area contributed by atoms with E-state index in [4.69, 9.17) is 4.74 Å². The summed E-state index contributed by atoms with van der Waals surface area (Å²) in [5, 5.41) is 0. The van der Waals surface area contributed by atoms with E-state index >= 15 is 0 Å². The highest BCUT2D eigenvalue weighted by Crippen LogP contribution is 2.22. The van der Waals surface area contributed by atoms with E-state index in [0.29, 0.717) is 25.1 Å². The zero-order valence-electron chi connectivity index (χ0n) is 12.6. The summed E-state index contributed by atoms with van der Waals surface area (Å²) in [7, 11) is 0. The van der Waals surface area contributed by atoms with E-state index in [0.717, 1.165) is 22.6 Å². The van der Waals surface area contributed by atoms with Crippen LogP contribution in [0.15, 0.2) is 36.1 Å². The molecular weight excluding hydrogens is 331 g/mol. The summed E-state index contributed by atoms with van der Waals surface area (Å²) in [6, 6.07) is 5.64. The molecule has 0 radical (unpaired) electrons. The molecule has 122 valence electrons. The van der Waals surface area contributed by atoms with Gasteiger partial charge in [-0.1, -0.05) is 0 Å². The Balaban J connectivity index is 1.43. The van der Waals surface area contributed by atoms with Crippen molar-refractivity contribution in [2.75, 3.05) is 13.1 Å². The summed E-state index contributed by atoms with van der Waals surface area (Å²) in [6.07, 6.45) is 2.62. The van der Waals surface area contributed by atoms with Crippen LogP contribution in [0.5, 0.6) is 6.01 Å². The minimum Gasteiger partial charge on any atom is -0.458 e. The fourth-order valence-electron chi connectivity index (χ4n) is 2.69. The summed E-state index contributed by atoms with van der Waals surface area (Å²) >= 11 is 1.51. The molecule has 1 aliphatic heterocycles. The lowest BCUT2D eigenvalue weighted by atomic mass is 10.2. The Morgan fingerprint density at radius 2 is 2.12 bits per heavy atom. The molecule has 24 heavy (non-hydrogen) atoms. The van der Waals surface area contributed by atoms with Crippen LogP contribution in [0.2, 0.25) is 0 Å². The number of halogens is 1. The number of nitrogens with zero attached hydrogens (tertiary/aromatic N) is 4. The Hall–Kier alpha value is -2.61. The van der Waals surface area contributed by atoms with Gasteiger partial charge in [0, 0.05) is 18.5 Å². The van der Waals surface area contributed by atoms with Gasteiger partial charge >= 0.3 is 6.01 Å². The molecule has 3 heterocycles. The quantitative estimate of drug-likeness (QED) is 0.730. The fraction of sp³-hybridized carbons (Fsp3) is 0.250. The summed E-state index contributed by atoms with van der Waals surface area (Å²) in [5.41, 5.74) is 3.31. The molecule has 0 aliphatic carbocycles. The molecule has 8 heteroatoms. The smallest absolute Gasteiger partial charge is 0.316 e. The summed E-state index contributed by atoms with van der Waals surface area (Å²) in [6.45, 7) is 1.06. The molecule has 1 fully saturated rings. The first kappa shape index (κ1) is 14.9. The van der Waals surface area contributed by atoms with Crippen molar-refractivity contribution in [1.82, 2.24) is 19.9 Å². The average molecular weight is 344 g/mol. The number of hydrogen-bond acceptors (Lipinski definition) is 6. The summed E-state index contributed by atoms with van der Waals surface area (Å²) < 4.78 is 19.4. The maximum Gasteiger partial charge on any atom is 0.316 e. The highest BCUT2D eigenvalue weighted by atomic mass is 32.1. The first-order valence-corrected chi connectivity index (χ1v) is 8.34. The van der Waals surface area contributed by atoms with E-state index in [2.05, 4.69) is 15.0 Å². The molecule has 0 unspecified atom stereocenters. The van der Waals surface area contributed by atoms with E-state index in [1.165, 1.54) is 11.3 Å². The Morgan fingerprint density at radius 1 is 1.29 bits per heavy atom. The van der Waals surface area contributed by atoms with E-state index in [1.807, 2.05) is 12.1 Å². The molecule has 3 aromatic rings. The zero-order valence-corrected chi connectivity index (χ0v) is 13.4. The van der Waals surface area contributed by atoms with Crippen molar-refractivity contribution in [2.24, 2.45) is 0 Å². The summed E-state index contributed by atoms with van der Waals surface area (Å²) in [4.78, 5) is 26.2. The second-order valence-corrected chi connectivity index (χ2v) is 6.38. The van der Waals surface area contributed by atoms with Gasteiger partial charge in [-0.25, -0.2) is 19.3 Å². The third kappa shape index (κ3) is 2.92. The fourth-order valence-corrected chi connectivity index (χ4v) is 3.41. The first-order chi connectivity index (χ1) is 11.7. The number of likely N-dealkylation sites (tertiary alicyclic amines) is 1. The maximum atomic E-state index is 12.8. The Labute approximate surface area is 140 Å². The van der Waals surface area contributed by atoms with Gasteiger partial charge in [0.1, 0.15) is 6.10 Å². The number of amides is 1. The molecule has 1 aliphatic rings. The van der Waals surface area contributed by atoms with Crippen LogP contribution in [-0.4, -0.2) is 45.0 Å². The molecule has 1 aromatic carbocycles. The zero-order chi connectivity index (χ0) is 16.5. The first-order valence-electron chi connectivity index (χ1n) is 7.46. The van der Waals surface area contributed by atoms with Gasteiger partial charge in [-0.2, -0.15) is 0 Å². The van der Waals surface area contributed by atoms with Crippen LogP contribution in [0.4, 0.5) is 4.39 Å². The molecule has 0 spiro atoms. The predicted molar refractivity (Wildman–Crippen MR) is 86.5 cm³/mol. The van der Waals surface area contributed by atoms with Gasteiger partial charge < -0.3 is 9.64 Å². The molecule has 2 aromatic heterocycles. The molecule has 1 atom stereocenters. The highest BCUT2D eigenvalue weighted by molar-refractivity contribution is 7.16. The normalized spacial score (nSPS) is 17.4. The van der Waals surface area contributed by atoms with Crippen molar-refractivity contribution in [3.8, 4) is 6.01 Å². The van der Waals surface area contributed by atoms with Crippen molar-refractivity contribution in [3.63, 3.8) is 0 Å². The third-order valence-electron chi connectivity index (χ3n) is 3.88. The van der Waals surface area contributed by atoms with Crippen LogP contribution >= 0.6 is 11.3 Å². The SMILES string of the molecule is O=C(c1ccc2ncsc2c1)N1CC[C@@H](Oc2ncc(F)cn2)C1. The van der Waals surface area contributed by atoms with Crippen LogP contribution in [0.25, 0.3) is 10.2 Å². The monoisotopic (exact) mass is 344 g/mol. The van der Waals surface area contributed by atoms with Crippen LogP contribution in [0.3, 0.4) is 0 Å². The molecular formula is C16H13FN4O2S. The number of benzene rings is 1. The number of carbonyl (C=O) groups excluding carboxylic acids is 1. The second-order valence-electron chi connectivity index (χ2n) is 5.50. The van der Waals surface area contributed by atoms with Crippen molar-refractivity contribution in [3.05, 3.63) is 47.5 Å². The minimum atomic E-state index is -0.510. The van der Waals surface area contributed by atoms with E-state index < -0.39 is 5.82 Å². The number of thiazole rings is 1. The topological polar surface area (TPSA) is 68.2 Å². The summed E-state index contributed by atoms with van der Waals surface area (Å²) in [5.74, 6) is -0.541. The number of carbonyl (C=O) groups is 1. The van der Waals surface area contributed by atoms with Gasteiger partial charge in [-0.05, 0) is 18.2 Å². The molecule has 0 bridgehead atoms. The van der Waals surface area contributed by atoms with Crippen molar-refractivity contribution >= 4 is 27.5 Å². The minimum absolute atomic E-state index is 0.0311. The van der Waals surface area contributed by atoms with Crippen molar-refractivity contribution < 1.29 is 13.9 Å². The Morgan fingerprint density at radius 3 is 2.96 bits per heavy atom. The highest BCUT2D eigenvalue weighted by Gasteiger charge is 2.29. The number of hydrogen-bond donors (Lipinski definition) is 0. The predicted octanol–water partition coefficient (Wildman–Crippen LogP) is 2.52. The number of aromatic nitrogens is 3. The van der Waals surface area contributed by atoms with Crippen LogP contribution in [0, 0.1) is 5.82 Å². The van der Waals surface area contributed by atoms with Crippen LogP contribution in [-0.2, 0) is 0 Å². The molecule has 4 rings (SSSR count). The van der Waals surface area contributed by atoms with E-state index in [9.17, 15) is 9.18 Å². The van der Waals surface area contributed by atoms with Gasteiger partial charge in [-0.3, -0.25) is 4.79 Å². The lowest BCUT2D eigenvalue weighted by Gasteiger charge is -2.16.